The third-order valence-electron chi connectivity index (χ3n) is 3.56. The van der Waals surface area contributed by atoms with Crippen LogP contribution in [-0.2, 0) is 6.42 Å². The van der Waals surface area contributed by atoms with E-state index in [1.165, 1.54) is 38.8 Å². The molecule has 0 fully saturated rings. The second-order valence-electron chi connectivity index (χ2n) is 4.79. The average molecular weight is 217 g/mol. The van der Waals surface area contributed by atoms with Gasteiger partial charge in [0, 0.05) is 6.04 Å². The maximum Gasteiger partial charge on any atom is 0.0354 e. The lowest BCUT2D eigenvalue weighted by molar-refractivity contribution is 0.197. The van der Waals surface area contributed by atoms with Gasteiger partial charge in [-0.2, -0.15) is 0 Å². The number of hydrogen-bond acceptors (Lipinski definition) is 1. The molecule has 0 saturated heterocycles. The van der Waals surface area contributed by atoms with Gasteiger partial charge in [0.1, 0.15) is 0 Å². The fourth-order valence-corrected chi connectivity index (χ4v) is 2.91. The molecule has 1 atom stereocenters. The van der Waals surface area contributed by atoms with Crippen molar-refractivity contribution in [3.05, 3.63) is 35.4 Å². The molecule has 1 nitrogen and oxygen atoms in total. The number of nitrogens with zero attached hydrogens (tertiary/aromatic N) is 1. The molecule has 0 radical (unpaired) electrons. The van der Waals surface area contributed by atoms with Crippen molar-refractivity contribution in [3.8, 4) is 0 Å². The van der Waals surface area contributed by atoms with Gasteiger partial charge in [-0.05, 0) is 49.9 Å². The van der Waals surface area contributed by atoms with Crippen LogP contribution in [0.3, 0.4) is 0 Å². The zero-order chi connectivity index (χ0) is 11.4. The highest BCUT2D eigenvalue weighted by Crippen LogP contribution is 2.35. The molecule has 0 aromatic heterocycles. The summed E-state index contributed by atoms with van der Waals surface area (Å²) in [6.07, 6.45) is 5.11. The molecule has 1 heteroatoms. The molecule has 1 unspecified atom stereocenters. The minimum atomic E-state index is 0.691. The highest BCUT2D eigenvalue weighted by Gasteiger charge is 2.26. The molecule has 0 N–H and O–H groups in total. The summed E-state index contributed by atoms with van der Waals surface area (Å²) in [6, 6.07) is 9.67. The summed E-state index contributed by atoms with van der Waals surface area (Å²) in [7, 11) is 0. The van der Waals surface area contributed by atoms with Gasteiger partial charge in [-0.25, -0.2) is 0 Å². The predicted octanol–water partition coefficient (Wildman–Crippen LogP) is 3.80. The van der Waals surface area contributed by atoms with E-state index in [1.54, 1.807) is 11.1 Å². The standard InChI is InChI=1S/C15H23N/c1-3-11-16(12-4-2)15-10-9-13-7-5-6-8-14(13)15/h5-8,15H,3-4,9-12H2,1-2H3. The van der Waals surface area contributed by atoms with E-state index in [0.29, 0.717) is 6.04 Å². The molecule has 0 heterocycles. The Bertz CT molecular complexity index is 326. The quantitative estimate of drug-likeness (QED) is 0.725. The van der Waals surface area contributed by atoms with Crippen molar-refractivity contribution in [1.29, 1.82) is 0 Å². The zero-order valence-corrected chi connectivity index (χ0v) is 10.6. The molecule has 2 rings (SSSR count). The first-order valence-corrected chi connectivity index (χ1v) is 6.68. The van der Waals surface area contributed by atoms with Gasteiger partial charge in [-0.3, -0.25) is 4.90 Å². The molecule has 1 aromatic carbocycles. The van der Waals surface area contributed by atoms with Gasteiger partial charge in [-0.1, -0.05) is 38.1 Å². The topological polar surface area (TPSA) is 3.24 Å². The highest BCUT2D eigenvalue weighted by atomic mass is 15.2. The summed E-state index contributed by atoms with van der Waals surface area (Å²) in [5, 5.41) is 0. The number of benzene rings is 1. The van der Waals surface area contributed by atoms with Crippen molar-refractivity contribution < 1.29 is 0 Å². The van der Waals surface area contributed by atoms with Crippen molar-refractivity contribution in [1.82, 2.24) is 4.90 Å². The lowest BCUT2D eigenvalue weighted by Gasteiger charge is -2.28. The maximum atomic E-state index is 2.67. The van der Waals surface area contributed by atoms with E-state index in [9.17, 15) is 0 Å². The Kier molecular flexibility index (Phi) is 4.00. The van der Waals surface area contributed by atoms with Crippen LogP contribution in [0.25, 0.3) is 0 Å². The van der Waals surface area contributed by atoms with Gasteiger partial charge >= 0.3 is 0 Å². The second-order valence-corrected chi connectivity index (χ2v) is 4.79. The Morgan fingerprint density at radius 2 is 1.81 bits per heavy atom. The van der Waals surface area contributed by atoms with Crippen molar-refractivity contribution in [3.63, 3.8) is 0 Å². The van der Waals surface area contributed by atoms with Gasteiger partial charge in [0.05, 0.1) is 0 Å². The zero-order valence-electron chi connectivity index (χ0n) is 10.6. The largest absolute Gasteiger partial charge is 0.296 e. The lowest BCUT2D eigenvalue weighted by Crippen LogP contribution is -2.29. The van der Waals surface area contributed by atoms with Crippen LogP contribution < -0.4 is 0 Å². The second kappa shape index (κ2) is 5.49. The van der Waals surface area contributed by atoms with Crippen molar-refractivity contribution in [2.45, 2.75) is 45.6 Å². The first-order valence-electron chi connectivity index (χ1n) is 6.68. The SMILES string of the molecule is CCCN(CCC)C1CCc2ccccc21. The summed E-state index contributed by atoms with van der Waals surface area (Å²) in [6.45, 7) is 7.05. The van der Waals surface area contributed by atoms with E-state index in [4.69, 9.17) is 0 Å². The van der Waals surface area contributed by atoms with E-state index in [1.807, 2.05) is 0 Å². The average Bonchev–Trinajstić information content (AvgIpc) is 2.72. The molecule has 1 aliphatic rings. The third kappa shape index (κ3) is 2.30. The van der Waals surface area contributed by atoms with Crippen LogP contribution in [0, 0.1) is 0 Å². The maximum absolute atomic E-state index is 2.67. The summed E-state index contributed by atoms with van der Waals surface area (Å²) in [4.78, 5) is 2.67. The molecule has 0 saturated carbocycles. The molecule has 1 aliphatic carbocycles. The molecule has 0 bridgehead atoms. The van der Waals surface area contributed by atoms with Gasteiger partial charge in [0.2, 0.25) is 0 Å². The van der Waals surface area contributed by atoms with Crippen LogP contribution in [0.4, 0.5) is 0 Å². The number of rotatable bonds is 5. The summed E-state index contributed by atoms with van der Waals surface area (Å²) >= 11 is 0. The molecular weight excluding hydrogens is 194 g/mol. The van der Waals surface area contributed by atoms with Crippen LogP contribution in [0.5, 0.6) is 0 Å². The number of hydrogen-bond donors (Lipinski definition) is 0. The van der Waals surface area contributed by atoms with Crippen molar-refractivity contribution in [2.75, 3.05) is 13.1 Å². The number of fused-ring (bicyclic) bond motifs is 1. The molecule has 0 aliphatic heterocycles. The lowest BCUT2D eigenvalue weighted by atomic mass is 10.1. The van der Waals surface area contributed by atoms with E-state index in [0.717, 1.165) is 0 Å². The van der Waals surface area contributed by atoms with E-state index in [2.05, 4.69) is 43.0 Å². The monoisotopic (exact) mass is 217 g/mol. The summed E-state index contributed by atoms with van der Waals surface area (Å²) in [5.41, 5.74) is 3.16. The predicted molar refractivity (Wildman–Crippen MR) is 69.7 cm³/mol. The molecule has 88 valence electrons. The first-order chi connectivity index (χ1) is 7.86. The van der Waals surface area contributed by atoms with E-state index < -0.39 is 0 Å². The smallest absolute Gasteiger partial charge is 0.0354 e. The molecule has 0 amide bonds. The van der Waals surface area contributed by atoms with Crippen LogP contribution >= 0.6 is 0 Å². The van der Waals surface area contributed by atoms with E-state index in [-0.39, 0.29) is 0 Å². The fourth-order valence-electron chi connectivity index (χ4n) is 2.91. The Labute approximate surface area is 99.5 Å². The Morgan fingerprint density at radius 1 is 1.12 bits per heavy atom. The fraction of sp³-hybridized carbons (Fsp3) is 0.600. The normalized spacial score (nSPS) is 19.1. The van der Waals surface area contributed by atoms with Crippen LogP contribution in [0.2, 0.25) is 0 Å². The van der Waals surface area contributed by atoms with Crippen molar-refractivity contribution >= 4 is 0 Å². The Hall–Kier alpha value is -0.820. The van der Waals surface area contributed by atoms with E-state index >= 15 is 0 Å². The summed E-state index contributed by atoms with van der Waals surface area (Å²) < 4.78 is 0. The van der Waals surface area contributed by atoms with Gasteiger partial charge in [0.25, 0.3) is 0 Å². The molecule has 0 spiro atoms. The molecule has 16 heavy (non-hydrogen) atoms. The molecule has 1 aromatic rings. The van der Waals surface area contributed by atoms with Gasteiger partial charge in [-0.15, -0.1) is 0 Å². The summed E-state index contributed by atoms with van der Waals surface area (Å²) in [5.74, 6) is 0. The Morgan fingerprint density at radius 3 is 2.50 bits per heavy atom. The minimum Gasteiger partial charge on any atom is -0.296 e. The van der Waals surface area contributed by atoms with Crippen molar-refractivity contribution in [2.24, 2.45) is 0 Å². The third-order valence-corrected chi connectivity index (χ3v) is 3.56. The van der Waals surface area contributed by atoms with Crippen LogP contribution in [-0.4, -0.2) is 18.0 Å². The number of aryl methyl sites for hydroxylation is 1. The first kappa shape index (κ1) is 11.7. The van der Waals surface area contributed by atoms with Gasteiger partial charge in [0.15, 0.2) is 0 Å². The molecular formula is C15H23N. The Balaban J connectivity index is 2.15. The van der Waals surface area contributed by atoms with Crippen LogP contribution in [0.1, 0.15) is 50.3 Å². The van der Waals surface area contributed by atoms with Gasteiger partial charge < -0.3 is 0 Å². The minimum absolute atomic E-state index is 0.691. The van der Waals surface area contributed by atoms with Crippen LogP contribution in [0.15, 0.2) is 24.3 Å². The highest BCUT2D eigenvalue weighted by molar-refractivity contribution is 5.34.